The van der Waals surface area contributed by atoms with Crippen LogP contribution in [0.15, 0.2) is 23.2 Å². The number of pyridine rings is 1. The van der Waals surface area contributed by atoms with E-state index in [-0.39, 0.29) is 5.91 Å². The summed E-state index contributed by atoms with van der Waals surface area (Å²) in [6, 6.07) is 6.69. The Morgan fingerprint density at radius 3 is 2.52 bits per heavy atom. The zero-order valence-electron chi connectivity index (χ0n) is 16.2. The fraction of sp³-hybridized carbons (Fsp3) is 0.524. The number of aryl methyl sites for hydroxylation is 1. The van der Waals surface area contributed by atoms with Gasteiger partial charge in [0.1, 0.15) is 18.2 Å². The first-order chi connectivity index (χ1) is 13.0. The fourth-order valence-electron chi connectivity index (χ4n) is 4.06. The van der Waals surface area contributed by atoms with Crippen LogP contribution in [0.1, 0.15) is 38.7 Å². The van der Waals surface area contributed by atoms with E-state index < -0.39 is 0 Å². The van der Waals surface area contributed by atoms with Crippen LogP contribution in [0.5, 0.6) is 11.5 Å². The van der Waals surface area contributed by atoms with E-state index in [0.717, 1.165) is 45.8 Å². The van der Waals surface area contributed by atoms with Crippen LogP contribution in [0.2, 0.25) is 0 Å². The highest BCUT2D eigenvalue weighted by Crippen LogP contribution is 2.36. The second kappa shape index (κ2) is 7.58. The predicted octanol–water partition coefficient (Wildman–Crippen LogP) is 4.20. The van der Waals surface area contributed by atoms with Gasteiger partial charge in [-0.1, -0.05) is 11.8 Å². The average Bonchev–Trinajstić information content (AvgIpc) is 2.64. The zero-order chi connectivity index (χ0) is 19.0. The van der Waals surface area contributed by atoms with Crippen molar-refractivity contribution in [1.82, 2.24) is 9.88 Å². The molecule has 144 valence electrons. The van der Waals surface area contributed by atoms with E-state index in [2.05, 4.69) is 24.8 Å². The summed E-state index contributed by atoms with van der Waals surface area (Å²) in [5, 5.41) is 1.94. The molecule has 2 aliphatic heterocycles. The van der Waals surface area contributed by atoms with Crippen molar-refractivity contribution in [2.75, 3.05) is 19.0 Å². The highest BCUT2D eigenvalue weighted by atomic mass is 32.2. The smallest absolute Gasteiger partial charge is 0.233 e. The lowest BCUT2D eigenvalue weighted by Crippen LogP contribution is -2.48. The van der Waals surface area contributed by atoms with Crippen LogP contribution >= 0.6 is 11.8 Å². The van der Waals surface area contributed by atoms with Crippen molar-refractivity contribution in [2.24, 2.45) is 0 Å². The summed E-state index contributed by atoms with van der Waals surface area (Å²) >= 11 is 1.53. The van der Waals surface area contributed by atoms with E-state index in [1.54, 1.807) is 0 Å². The maximum Gasteiger partial charge on any atom is 0.233 e. The van der Waals surface area contributed by atoms with Gasteiger partial charge in [-0.15, -0.1) is 0 Å². The van der Waals surface area contributed by atoms with Crippen LogP contribution in [0.25, 0.3) is 10.9 Å². The quantitative estimate of drug-likeness (QED) is 0.740. The molecule has 2 aromatic rings. The molecule has 6 heteroatoms. The molecule has 2 atom stereocenters. The van der Waals surface area contributed by atoms with Crippen molar-refractivity contribution in [1.29, 1.82) is 0 Å². The Morgan fingerprint density at radius 2 is 1.81 bits per heavy atom. The lowest BCUT2D eigenvalue weighted by atomic mass is 9.98. The lowest BCUT2D eigenvalue weighted by molar-refractivity contribution is -0.134. The molecule has 4 rings (SSSR count). The Balaban J connectivity index is 1.53. The molecule has 0 unspecified atom stereocenters. The topological polar surface area (TPSA) is 51.7 Å². The third-order valence-electron chi connectivity index (χ3n) is 5.44. The van der Waals surface area contributed by atoms with Gasteiger partial charge in [0, 0.05) is 23.5 Å². The van der Waals surface area contributed by atoms with E-state index in [1.165, 1.54) is 18.2 Å². The number of carbonyl (C=O) groups excluding carboxylic acids is 1. The van der Waals surface area contributed by atoms with Crippen LogP contribution in [0.4, 0.5) is 0 Å². The second-order valence-electron chi connectivity index (χ2n) is 7.52. The molecule has 0 N–H and O–H groups in total. The standard InChI is InChI=1S/C21H26N2O3S/c1-13-9-16-10-18-19(26-8-7-25-18)11-17(16)22-21(13)27-12-20(24)23-14(2)5-4-6-15(23)3/h9-11,14-15H,4-8,12H2,1-3H3/t14-,15+. The van der Waals surface area contributed by atoms with Gasteiger partial charge in [-0.2, -0.15) is 0 Å². The average molecular weight is 387 g/mol. The van der Waals surface area contributed by atoms with Crippen LogP contribution in [-0.4, -0.2) is 46.8 Å². The van der Waals surface area contributed by atoms with E-state index in [0.29, 0.717) is 31.1 Å². The first-order valence-corrected chi connectivity index (χ1v) is 10.7. The van der Waals surface area contributed by atoms with Crippen LogP contribution in [0, 0.1) is 6.92 Å². The maximum atomic E-state index is 12.8. The molecule has 1 amide bonds. The van der Waals surface area contributed by atoms with Crippen LogP contribution < -0.4 is 9.47 Å². The van der Waals surface area contributed by atoms with Crippen LogP contribution in [-0.2, 0) is 4.79 Å². The highest BCUT2D eigenvalue weighted by Gasteiger charge is 2.28. The third kappa shape index (κ3) is 3.72. The number of ether oxygens (including phenoxy) is 2. The fourth-order valence-corrected chi connectivity index (χ4v) is 4.92. The number of amides is 1. The molecule has 1 aromatic carbocycles. The summed E-state index contributed by atoms with van der Waals surface area (Å²) < 4.78 is 11.3. The van der Waals surface area contributed by atoms with Gasteiger partial charge in [-0.05, 0) is 57.7 Å². The molecule has 1 saturated heterocycles. The van der Waals surface area contributed by atoms with Gasteiger partial charge >= 0.3 is 0 Å². The van der Waals surface area contributed by atoms with E-state index in [1.807, 2.05) is 19.1 Å². The molecule has 1 aromatic heterocycles. The highest BCUT2D eigenvalue weighted by molar-refractivity contribution is 7.99. The largest absolute Gasteiger partial charge is 0.486 e. The number of aromatic nitrogens is 1. The number of piperidine rings is 1. The van der Waals surface area contributed by atoms with Crippen molar-refractivity contribution in [2.45, 2.75) is 57.1 Å². The van der Waals surface area contributed by atoms with Crippen molar-refractivity contribution in [3.63, 3.8) is 0 Å². The number of nitrogens with zero attached hydrogens (tertiary/aromatic N) is 2. The maximum absolute atomic E-state index is 12.8. The SMILES string of the molecule is Cc1cc2cc3c(cc2nc1SCC(=O)N1[C@H](C)CCC[C@@H]1C)OCCO3. The summed E-state index contributed by atoms with van der Waals surface area (Å²) in [7, 11) is 0. The molecule has 3 heterocycles. The first-order valence-electron chi connectivity index (χ1n) is 9.68. The van der Waals surface area contributed by atoms with E-state index in [9.17, 15) is 4.79 Å². The summed E-state index contributed by atoms with van der Waals surface area (Å²) in [5.41, 5.74) is 1.95. The minimum atomic E-state index is 0.211. The number of benzene rings is 1. The Labute approximate surface area is 164 Å². The van der Waals surface area contributed by atoms with Gasteiger partial charge in [0.15, 0.2) is 11.5 Å². The molecular weight excluding hydrogens is 360 g/mol. The van der Waals surface area contributed by atoms with Gasteiger partial charge in [0.2, 0.25) is 5.91 Å². The van der Waals surface area contributed by atoms with Gasteiger partial charge in [-0.25, -0.2) is 4.98 Å². The number of hydrogen-bond donors (Lipinski definition) is 0. The van der Waals surface area contributed by atoms with Gasteiger partial charge in [0.05, 0.1) is 11.3 Å². The Kier molecular flexibility index (Phi) is 5.17. The lowest BCUT2D eigenvalue weighted by Gasteiger charge is -2.39. The van der Waals surface area contributed by atoms with E-state index >= 15 is 0 Å². The number of carbonyl (C=O) groups is 1. The molecular formula is C21H26N2O3S. The Hall–Kier alpha value is -1.95. The van der Waals surface area contributed by atoms with Gasteiger partial charge < -0.3 is 14.4 Å². The molecule has 5 nitrogen and oxygen atoms in total. The number of thioether (sulfide) groups is 1. The number of fused-ring (bicyclic) bond motifs is 2. The summed E-state index contributed by atoms with van der Waals surface area (Å²) in [6.45, 7) is 7.50. The van der Waals surface area contributed by atoms with Gasteiger partial charge in [-0.3, -0.25) is 4.79 Å². The molecule has 0 spiro atoms. The molecule has 0 bridgehead atoms. The monoisotopic (exact) mass is 386 g/mol. The van der Waals surface area contributed by atoms with Crippen molar-refractivity contribution in [3.8, 4) is 11.5 Å². The minimum Gasteiger partial charge on any atom is -0.486 e. The van der Waals surface area contributed by atoms with Crippen molar-refractivity contribution in [3.05, 3.63) is 23.8 Å². The predicted molar refractivity (Wildman–Crippen MR) is 108 cm³/mol. The Bertz CT molecular complexity index is 860. The number of likely N-dealkylation sites (tertiary alicyclic amines) is 1. The summed E-state index contributed by atoms with van der Waals surface area (Å²) in [6.07, 6.45) is 3.41. The van der Waals surface area contributed by atoms with Crippen LogP contribution in [0.3, 0.4) is 0 Å². The Morgan fingerprint density at radius 1 is 1.15 bits per heavy atom. The molecule has 0 aliphatic carbocycles. The van der Waals surface area contributed by atoms with Gasteiger partial charge in [0.25, 0.3) is 0 Å². The second-order valence-corrected chi connectivity index (χ2v) is 8.48. The number of rotatable bonds is 3. The zero-order valence-corrected chi connectivity index (χ0v) is 17.0. The number of hydrogen-bond acceptors (Lipinski definition) is 5. The molecule has 0 saturated carbocycles. The minimum absolute atomic E-state index is 0.211. The molecule has 0 radical (unpaired) electrons. The summed E-state index contributed by atoms with van der Waals surface area (Å²) in [4.78, 5) is 19.7. The molecule has 27 heavy (non-hydrogen) atoms. The van der Waals surface area contributed by atoms with Crippen molar-refractivity contribution < 1.29 is 14.3 Å². The van der Waals surface area contributed by atoms with Crippen molar-refractivity contribution >= 4 is 28.6 Å². The molecule has 1 fully saturated rings. The normalized spacial score (nSPS) is 22.1. The summed E-state index contributed by atoms with van der Waals surface area (Å²) in [5.74, 6) is 2.16. The molecule has 2 aliphatic rings. The third-order valence-corrected chi connectivity index (χ3v) is 6.51. The first kappa shape index (κ1) is 18.4. The van der Waals surface area contributed by atoms with E-state index in [4.69, 9.17) is 14.5 Å².